The molecule has 2 heteroatoms. The number of ether oxygens (including phenoxy) is 2. The summed E-state index contributed by atoms with van der Waals surface area (Å²) in [4.78, 5) is 0. The van der Waals surface area contributed by atoms with E-state index in [1.807, 2.05) is 68.4 Å². The molecule has 0 bridgehead atoms. The third kappa shape index (κ3) is 2.83. The Morgan fingerprint density at radius 1 is 0.833 bits per heavy atom. The van der Waals surface area contributed by atoms with E-state index in [4.69, 9.17) is 9.47 Å². The molecule has 0 atom stereocenters. The Kier molecular flexibility index (Phi) is 3.56. The fourth-order valence-corrected chi connectivity index (χ4v) is 1.79. The standard InChI is InChI=1S/C16H17O2/c1-16(2,18-15-7-5-4-6-8-15)13-9-11-14(17-3)12-10-13/h4-12H,3H2,1-2H3. The molecular weight excluding hydrogens is 224 g/mol. The molecule has 0 aliphatic rings. The van der Waals surface area contributed by atoms with Crippen molar-refractivity contribution in [1.82, 2.24) is 0 Å². The third-order valence-corrected chi connectivity index (χ3v) is 2.83. The Morgan fingerprint density at radius 2 is 1.44 bits per heavy atom. The van der Waals surface area contributed by atoms with Gasteiger partial charge in [0.25, 0.3) is 0 Å². The summed E-state index contributed by atoms with van der Waals surface area (Å²) >= 11 is 0. The second-order valence-corrected chi connectivity index (χ2v) is 4.59. The van der Waals surface area contributed by atoms with Gasteiger partial charge < -0.3 is 9.47 Å². The van der Waals surface area contributed by atoms with Crippen LogP contribution in [-0.2, 0) is 5.60 Å². The molecule has 2 nitrogen and oxygen atoms in total. The van der Waals surface area contributed by atoms with E-state index in [1.54, 1.807) is 0 Å². The van der Waals surface area contributed by atoms with E-state index in [-0.39, 0.29) is 5.60 Å². The van der Waals surface area contributed by atoms with Crippen LogP contribution in [0.5, 0.6) is 11.5 Å². The van der Waals surface area contributed by atoms with E-state index in [2.05, 4.69) is 7.11 Å². The normalized spacial score (nSPS) is 11.1. The van der Waals surface area contributed by atoms with Gasteiger partial charge in [-0.05, 0) is 43.7 Å². The van der Waals surface area contributed by atoms with Crippen LogP contribution in [0.2, 0.25) is 0 Å². The van der Waals surface area contributed by atoms with Crippen molar-refractivity contribution < 1.29 is 9.47 Å². The zero-order valence-electron chi connectivity index (χ0n) is 10.7. The first-order valence-electron chi connectivity index (χ1n) is 5.88. The minimum absolute atomic E-state index is 0.388. The SMILES string of the molecule is [CH2]Oc1ccc(C(C)(C)Oc2ccccc2)cc1. The van der Waals surface area contributed by atoms with Crippen molar-refractivity contribution in [3.63, 3.8) is 0 Å². The molecule has 2 rings (SSSR count). The first-order valence-corrected chi connectivity index (χ1v) is 5.88. The van der Waals surface area contributed by atoms with Crippen molar-refractivity contribution in [1.29, 1.82) is 0 Å². The Labute approximate surface area is 108 Å². The smallest absolute Gasteiger partial charge is 0.128 e. The largest absolute Gasteiger partial charge is 0.490 e. The molecule has 0 unspecified atom stereocenters. The van der Waals surface area contributed by atoms with Gasteiger partial charge in [0, 0.05) is 0 Å². The van der Waals surface area contributed by atoms with Crippen molar-refractivity contribution in [2.75, 3.05) is 0 Å². The Morgan fingerprint density at radius 3 is 2.00 bits per heavy atom. The van der Waals surface area contributed by atoms with Gasteiger partial charge in [-0.25, -0.2) is 0 Å². The summed E-state index contributed by atoms with van der Waals surface area (Å²) in [6, 6.07) is 17.6. The molecule has 0 aromatic heterocycles. The van der Waals surface area contributed by atoms with Crippen molar-refractivity contribution in [2.45, 2.75) is 19.4 Å². The van der Waals surface area contributed by atoms with E-state index < -0.39 is 0 Å². The van der Waals surface area contributed by atoms with Crippen LogP contribution in [0.15, 0.2) is 54.6 Å². The van der Waals surface area contributed by atoms with Gasteiger partial charge >= 0.3 is 0 Å². The van der Waals surface area contributed by atoms with Crippen LogP contribution in [0.1, 0.15) is 19.4 Å². The maximum atomic E-state index is 6.00. The molecular formula is C16H17O2. The summed E-state index contributed by atoms with van der Waals surface area (Å²) in [5.41, 5.74) is 0.702. The molecule has 0 N–H and O–H groups in total. The lowest BCUT2D eigenvalue weighted by Gasteiger charge is -2.27. The zero-order chi connectivity index (χ0) is 13.0. The van der Waals surface area contributed by atoms with Crippen LogP contribution < -0.4 is 9.47 Å². The molecule has 0 fully saturated rings. The number of benzene rings is 2. The van der Waals surface area contributed by atoms with E-state index in [9.17, 15) is 0 Å². The van der Waals surface area contributed by atoms with Gasteiger partial charge in [0.2, 0.25) is 0 Å². The highest BCUT2D eigenvalue weighted by Gasteiger charge is 2.22. The molecule has 0 heterocycles. The van der Waals surface area contributed by atoms with Crippen molar-refractivity contribution in [3.8, 4) is 11.5 Å². The van der Waals surface area contributed by atoms with Crippen LogP contribution in [0, 0.1) is 7.11 Å². The van der Waals surface area contributed by atoms with Gasteiger partial charge in [-0.2, -0.15) is 0 Å². The predicted molar refractivity (Wildman–Crippen MR) is 72.5 cm³/mol. The minimum Gasteiger partial charge on any atom is -0.490 e. The maximum Gasteiger partial charge on any atom is 0.128 e. The van der Waals surface area contributed by atoms with Gasteiger partial charge in [-0.1, -0.05) is 30.3 Å². The summed E-state index contributed by atoms with van der Waals surface area (Å²) < 4.78 is 10.9. The van der Waals surface area contributed by atoms with E-state index in [1.165, 1.54) is 0 Å². The van der Waals surface area contributed by atoms with E-state index in [0.717, 1.165) is 17.1 Å². The summed E-state index contributed by atoms with van der Waals surface area (Å²) in [6.07, 6.45) is 0. The van der Waals surface area contributed by atoms with E-state index >= 15 is 0 Å². The molecule has 0 amide bonds. The number of hydrogen-bond acceptors (Lipinski definition) is 2. The van der Waals surface area contributed by atoms with Gasteiger partial charge in [0.05, 0.1) is 0 Å². The molecule has 2 aromatic rings. The number of para-hydroxylation sites is 1. The summed E-state index contributed by atoms with van der Waals surface area (Å²) in [5.74, 6) is 1.61. The van der Waals surface area contributed by atoms with E-state index in [0.29, 0.717) is 0 Å². The molecule has 0 aliphatic carbocycles. The Balaban J connectivity index is 2.19. The second kappa shape index (κ2) is 5.13. The van der Waals surface area contributed by atoms with Crippen molar-refractivity contribution in [2.24, 2.45) is 0 Å². The van der Waals surface area contributed by atoms with Crippen LogP contribution >= 0.6 is 0 Å². The van der Waals surface area contributed by atoms with Crippen LogP contribution in [0.3, 0.4) is 0 Å². The summed E-state index contributed by atoms with van der Waals surface area (Å²) in [6.45, 7) is 4.08. The third-order valence-electron chi connectivity index (χ3n) is 2.83. The van der Waals surface area contributed by atoms with Crippen LogP contribution in [-0.4, -0.2) is 0 Å². The fourth-order valence-electron chi connectivity index (χ4n) is 1.79. The molecule has 0 aliphatic heterocycles. The Hall–Kier alpha value is -1.96. The lowest BCUT2D eigenvalue weighted by atomic mass is 9.98. The average molecular weight is 241 g/mol. The van der Waals surface area contributed by atoms with Gasteiger partial charge in [0.1, 0.15) is 24.2 Å². The maximum absolute atomic E-state index is 6.00. The quantitative estimate of drug-likeness (QED) is 0.799. The average Bonchev–Trinajstić information content (AvgIpc) is 2.39. The first-order chi connectivity index (χ1) is 8.62. The minimum atomic E-state index is -0.388. The van der Waals surface area contributed by atoms with Crippen LogP contribution in [0.4, 0.5) is 0 Å². The number of hydrogen-bond donors (Lipinski definition) is 0. The Bertz CT molecular complexity index is 486. The highest BCUT2D eigenvalue weighted by Crippen LogP contribution is 2.28. The predicted octanol–water partition coefficient (Wildman–Crippen LogP) is 4.17. The fraction of sp³-hybridized carbons (Fsp3) is 0.188. The van der Waals surface area contributed by atoms with Crippen molar-refractivity contribution in [3.05, 3.63) is 67.3 Å². The molecule has 0 saturated heterocycles. The lowest BCUT2D eigenvalue weighted by molar-refractivity contribution is 0.109. The summed E-state index contributed by atoms with van der Waals surface area (Å²) in [5, 5.41) is 0. The van der Waals surface area contributed by atoms with Crippen molar-refractivity contribution >= 4 is 0 Å². The highest BCUT2D eigenvalue weighted by molar-refractivity contribution is 5.32. The summed E-state index contributed by atoms with van der Waals surface area (Å²) in [7, 11) is 3.38. The monoisotopic (exact) mass is 241 g/mol. The van der Waals surface area contributed by atoms with Gasteiger partial charge in [0.15, 0.2) is 0 Å². The molecule has 0 spiro atoms. The molecule has 1 radical (unpaired) electrons. The van der Waals surface area contributed by atoms with Gasteiger partial charge in [-0.3, -0.25) is 0 Å². The molecule has 18 heavy (non-hydrogen) atoms. The molecule has 2 aromatic carbocycles. The highest BCUT2D eigenvalue weighted by atomic mass is 16.5. The molecule has 93 valence electrons. The van der Waals surface area contributed by atoms with Crippen LogP contribution in [0.25, 0.3) is 0 Å². The molecule has 0 saturated carbocycles. The lowest BCUT2D eigenvalue weighted by Crippen LogP contribution is -2.25. The topological polar surface area (TPSA) is 18.5 Å². The zero-order valence-corrected chi connectivity index (χ0v) is 10.7. The number of rotatable bonds is 4. The second-order valence-electron chi connectivity index (χ2n) is 4.59. The first kappa shape index (κ1) is 12.5. The van der Waals surface area contributed by atoms with Gasteiger partial charge in [-0.15, -0.1) is 0 Å².